The fourth-order valence-electron chi connectivity index (χ4n) is 6.61. The molecule has 2 bridgehead atoms. The van der Waals surface area contributed by atoms with Gasteiger partial charge in [0.05, 0.1) is 5.92 Å². The number of hydrogen-bond donors (Lipinski definition) is 4. The molecular weight excluding hydrogens is 472 g/mol. The molecule has 3 unspecified atom stereocenters. The van der Waals surface area contributed by atoms with Gasteiger partial charge in [-0.25, -0.2) is 5.21 Å². The lowest BCUT2D eigenvalue weighted by molar-refractivity contribution is -0.991. The summed E-state index contributed by atoms with van der Waals surface area (Å²) < 4.78 is 1.87. The number of phenolic OH excluding ortho intramolecular Hbond substituents is 1. The van der Waals surface area contributed by atoms with Gasteiger partial charge in [-0.05, 0) is 60.6 Å². The number of pyridine rings is 1. The van der Waals surface area contributed by atoms with Gasteiger partial charge in [-0.2, -0.15) is 5.23 Å². The van der Waals surface area contributed by atoms with Crippen molar-refractivity contribution in [2.75, 3.05) is 18.0 Å². The molecule has 1 fully saturated rings. The number of piperidine rings is 1. The third-order valence-corrected chi connectivity index (χ3v) is 8.24. The van der Waals surface area contributed by atoms with Gasteiger partial charge in [0.15, 0.2) is 5.69 Å². The molecule has 3 aliphatic heterocycles. The summed E-state index contributed by atoms with van der Waals surface area (Å²) in [6.45, 7) is 1.72. The Labute approximate surface area is 214 Å². The first kappa shape index (κ1) is 23.7. The average Bonchev–Trinajstić information content (AvgIpc) is 2.89. The zero-order chi connectivity index (χ0) is 25.7. The number of nitrogens with zero attached hydrogens (tertiary/aromatic N) is 2. The van der Waals surface area contributed by atoms with E-state index < -0.39 is 5.23 Å². The van der Waals surface area contributed by atoms with Crippen molar-refractivity contribution in [2.24, 2.45) is 11.8 Å². The van der Waals surface area contributed by atoms with Gasteiger partial charge in [-0.3, -0.25) is 9.59 Å². The van der Waals surface area contributed by atoms with Gasteiger partial charge in [0.1, 0.15) is 5.75 Å². The molecule has 2 aromatic carbocycles. The van der Waals surface area contributed by atoms with Crippen molar-refractivity contribution in [1.82, 2.24) is 9.88 Å². The predicted molar refractivity (Wildman–Crippen MR) is 137 cm³/mol. The Kier molecular flexibility index (Phi) is 5.98. The zero-order valence-corrected chi connectivity index (χ0v) is 20.3. The quantitative estimate of drug-likeness (QED) is 0.392. The number of amides is 1. The molecule has 6 rings (SSSR count). The smallest absolute Gasteiger partial charge is 0.250 e. The van der Waals surface area contributed by atoms with E-state index in [2.05, 4.69) is 10.2 Å². The highest BCUT2D eigenvalue weighted by Crippen LogP contribution is 2.47. The Balaban J connectivity index is 1.31. The van der Waals surface area contributed by atoms with Gasteiger partial charge in [-0.15, -0.1) is 0 Å². The number of fused-ring (bicyclic) bond motifs is 8. The highest BCUT2D eigenvalue weighted by atomic mass is 16.8. The van der Waals surface area contributed by atoms with Crippen molar-refractivity contribution < 1.29 is 20.3 Å². The molecule has 9 heteroatoms. The van der Waals surface area contributed by atoms with Crippen LogP contribution in [0.15, 0.2) is 65.5 Å². The summed E-state index contributed by atoms with van der Waals surface area (Å²) in [4.78, 5) is 28.6. The number of aromatic hydroxyl groups is 1. The van der Waals surface area contributed by atoms with Gasteiger partial charge in [0, 0.05) is 61.2 Å². The van der Waals surface area contributed by atoms with Gasteiger partial charge in [0.2, 0.25) is 5.91 Å². The number of hydrogen-bond acceptors (Lipinski definition) is 6. The van der Waals surface area contributed by atoms with E-state index in [0.717, 1.165) is 28.9 Å². The second kappa shape index (κ2) is 9.33. The summed E-state index contributed by atoms with van der Waals surface area (Å²) in [5, 5.41) is 32.9. The van der Waals surface area contributed by atoms with Gasteiger partial charge < -0.3 is 25.1 Å². The van der Waals surface area contributed by atoms with Crippen LogP contribution in [0.3, 0.4) is 0 Å². The lowest BCUT2D eigenvalue weighted by atomic mass is 9.70. The third kappa shape index (κ3) is 4.29. The van der Waals surface area contributed by atoms with E-state index in [9.17, 15) is 25.1 Å². The van der Waals surface area contributed by atoms with E-state index in [1.807, 2.05) is 34.9 Å². The second-order valence-electron chi connectivity index (χ2n) is 10.4. The summed E-state index contributed by atoms with van der Waals surface area (Å²) in [6.07, 6.45) is 2.02. The monoisotopic (exact) mass is 502 g/mol. The van der Waals surface area contributed by atoms with Crippen molar-refractivity contribution in [1.29, 1.82) is 0 Å². The van der Waals surface area contributed by atoms with Gasteiger partial charge in [-0.1, -0.05) is 18.2 Å². The first-order valence-corrected chi connectivity index (χ1v) is 12.8. The molecule has 37 heavy (non-hydrogen) atoms. The topological polar surface area (TPSA) is 122 Å². The number of carbonyl (C=O) groups excluding carboxylic acids is 1. The summed E-state index contributed by atoms with van der Waals surface area (Å²) >= 11 is 0. The molecule has 1 saturated heterocycles. The Hall–Kier alpha value is -3.66. The Bertz CT molecular complexity index is 1390. The number of rotatable bonds is 5. The van der Waals surface area contributed by atoms with E-state index in [0.29, 0.717) is 32.5 Å². The molecule has 3 aromatic rings. The molecule has 0 saturated carbocycles. The molecule has 0 aliphatic carbocycles. The fraction of sp³-hybridized carbons (Fsp3) is 0.357. The lowest BCUT2D eigenvalue weighted by Crippen LogP contribution is -2.99. The van der Waals surface area contributed by atoms with Crippen LogP contribution in [0.2, 0.25) is 0 Å². The minimum absolute atomic E-state index is 0.00198. The fourth-order valence-corrected chi connectivity index (χ4v) is 6.61. The number of carbonyl (C=O) groups is 1. The minimum Gasteiger partial charge on any atom is -0.595 e. The van der Waals surface area contributed by atoms with Crippen LogP contribution in [0.1, 0.15) is 29.2 Å². The third-order valence-electron chi connectivity index (χ3n) is 8.24. The molecular formula is C28H30N4O5. The van der Waals surface area contributed by atoms with Crippen LogP contribution < -0.4 is 21.0 Å². The van der Waals surface area contributed by atoms with Gasteiger partial charge >= 0.3 is 0 Å². The van der Waals surface area contributed by atoms with Crippen LogP contribution in [-0.4, -0.2) is 39.9 Å². The van der Waals surface area contributed by atoms with E-state index in [1.54, 1.807) is 30.3 Å². The molecule has 4 N–H and O–H groups in total. The minimum atomic E-state index is -0.983. The van der Waals surface area contributed by atoms with Crippen LogP contribution >= 0.6 is 0 Å². The maximum atomic E-state index is 13.6. The van der Waals surface area contributed by atoms with Crippen molar-refractivity contribution in [3.05, 3.63) is 93.0 Å². The van der Waals surface area contributed by atoms with Crippen LogP contribution in [0.4, 0.5) is 11.4 Å². The second-order valence-corrected chi connectivity index (χ2v) is 10.4. The first-order valence-electron chi connectivity index (χ1n) is 12.8. The van der Waals surface area contributed by atoms with Crippen molar-refractivity contribution in [3.8, 4) is 5.75 Å². The molecule has 0 spiro atoms. The number of nitrogens with one attached hydrogen (secondary N) is 2. The van der Waals surface area contributed by atoms with E-state index >= 15 is 0 Å². The number of quaternary nitrogens is 1. The van der Waals surface area contributed by atoms with E-state index in [1.165, 1.54) is 0 Å². The largest absolute Gasteiger partial charge is 0.595 e. The van der Waals surface area contributed by atoms with Crippen LogP contribution in [0, 0.1) is 17.0 Å². The number of aromatic nitrogens is 1. The highest BCUT2D eigenvalue weighted by Gasteiger charge is 2.49. The normalized spacial score (nSPS) is 24.4. The maximum Gasteiger partial charge on any atom is 0.250 e. The van der Waals surface area contributed by atoms with Crippen LogP contribution in [-0.2, 0) is 24.2 Å². The molecule has 1 aromatic heterocycles. The Morgan fingerprint density at radius 2 is 1.92 bits per heavy atom. The van der Waals surface area contributed by atoms with Gasteiger partial charge in [0.25, 0.3) is 5.56 Å². The SMILES string of the molecule is O=C(NCCc1ccc(O)cc1)[C@@H]1Cc2cc([NH+]([O-])O)ccc2N2CC3CC(Cn4c3cccc4=O)[C@@H]12. The van der Waals surface area contributed by atoms with Crippen LogP contribution in [0.25, 0.3) is 0 Å². The Morgan fingerprint density at radius 3 is 2.70 bits per heavy atom. The number of anilines is 1. The van der Waals surface area contributed by atoms with Crippen molar-refractivity contribution in [2.45, 2.75) is 37.8 Å². The summed E-state index contributed by atoms with van der Waals surface area (Å²) in [7, 11) is 0. The maximum absolute atomic E-state index is 13.6. The highest BCUT2D eigenvalue weighted by molar-refractivity contribution is 5.82. The van der Waals surface area contributed by atoms with E-state index in [4.69, 9.17) is 0 Å². The molecule has 4 heterocycles. The lowest BCUT2D eigenvalue weighted by Gasteiger charge is -2.54. The molecule has 0 radical (unpaired) electrons. The molecule has 1 amide bonds. The molecule has 9 nitrogen and oxygen atoms in total. The first-order chi connectivity index (χ1) is 17.9. The average molecular weight is 503 g/mol. The summed E-state index contributed by atoms with van der Waals surface area (Å²) in [5.74, 6) is 0.102. The van der Waals surface area contributed by atoms with E-state index in [-0.39, 0.29) is 46.7 Å². The number of benzene rings is 2. The number of phenols is 1. The zero-order valence-electron chi connectivity index (χ0n) is 20.3. The molecule has 3 aliphatic rings. The van der Waals surface area contributed by atoms with Crippen molar-refractivity contribution in [3.63, 3.8) is 0 Å². The molecule has 192 valence electrons. The van der Waals surface area contributed by atoms with Crippen LogP contribution in [0.5, 0.6) is 5.75 Å². The summed E-state index contributed by atoms with van der Waals surface area (Å²) in [5.41, 5.74) is 4.13. The summed E-state index contributed by atoms with van der Waals surface area (Å²) in [6, 6.07) is 17.5. The standard InChI is InChI=1S/C28H30N4O5/c33-22-7-4-17(5-8-22)10-11-29-28(35)23-14-18-13-21(32(36)37)6-9-25(18)31-15-19-12-20(27(23)31)16-30-24(19)2-1-3-26(30)34/h1-9,13,19-20,23,27,32-33,36H,10-12,14-16H2,(H,29,35)/t19?,20?,23-,27+/m1/s1. The Morgan fingerprint density at radius 1 is 1.11 bits per heavy atom. The molecule has 5 atom stereocenters. The predicted octanol–water partition coefficient (Wildman–Crippen LogP) is 1.48. The van der Waals surface area contributed by atoms with Crippen molar-refractivity contribution >= 4 is 17.3 Å².